The zero-order chi connectivity index (χ0) is 24.8. The number of fused-ring (bicyclic) bond motifs is 3. The van der Waals surface area contributed by atoms with Gasteiger partial charge in [0.1, 0.15) is 13.2 Å². The van der Waals surface area contributed by atoms with E-state index in [1.165, 1.54) is 18.2 Å². The van der Waals surface area contributed by atoms with Gasteiger partial charge in [-0.05, 0) is 40.5 Å². The predicted molar refractivity (Wildman–Crippen MR) is 131 cm³/mol. The number of benzene rings is 3. The summed E-state index contributed by atoms with van der Waals surface area (Å²) in [6.45, 7) is 0.201. The van der Waals surface area contributed by atoms with Crippen LogP contribution in [-0.2, 0) is 14.3 Å². The number of anilines is 1. The molecular weight excluding hydrogens is 472 g/mol. The number of halogens is 1. The van der Waals surface area contributed by atoms with Crippen LogP contribution < -0.4 is 10.6 Å². The summed E-state index contributed by atoms with van der Waals surface area (Å²) < 4.78 is 10.7. The number of alkyl carbamates (subject to hydrolysis) is 1. The Bertz CT molecular complexity index is 1220. The number of ether oxygens (including phenoxy) is 2. The van der Waals surface area contributed by atoms with Crippen LogP contribution in [0.3, 0.4) is 0 Å². The second-order valence-corrected chi connectivity index (χ2v) is 8.26. The molecule has 0 saturated carbocycles. The molecule has 4 rings (SSSR count). The van der Waals surface area contributed by atoms with Gasteiger partial charge in [0.25, 0.3) is 0 Å². The van der Waals surface area contributed by atoms with Gasteiger partial charge >= 0.3 is 12.1 Å². The van der Waals surface area contributed by atoms with Gasteiger partial charge in [-0.15, -0.1) is 0 Å². The largest absolute Gasteiger partial charge is 0.478 e. The van der Waals surface area contributed by atoms with Crippen molar-refractivity contribution in [3.63, 3.8) is 0 Å². The van der Waals surface area contributed by atoms with Gasteiger partial charge in [0.15, 0.2) is 0 Å². The van der Waals surface area contributed by atoms with Crippen molar-refractivity contribution < 1.29 is 29.0 Å². The SMILES string of the molecule is O=C(COCCNC(=O)OCC1c2ccccc2-c2ccccc21)Nc1ccc(Cl)c(C(=O)O)c1. The van der Waals surface area contributed by atoms with Gasteiger partial charge in [-0.25, -0.2) is 9.59 Å². The minimum absolute atomic E-state index is 0.0254. The Morgan fingerprint density at radius 1 is 0.943 bits per heavy atom. The molecule has 3 aromatic rings. The second-order valence-electron chi connectivity index (χ2n) is 7.85. The second kappa shape index (κ2) is 11.0. The predicted octanol–water partition coefficient (Wildman–Crippen LogP) is 4.53. The van der Waals surface area contributed by atoms with E-state index < -0.39 is 18.0 Å². The van der Waals surface area contributed by atoms with Crippen LogP contribution in [0.4, 0.5) is 10.5 Å². The first-order valence-electron chi connectivity index (χ1n) is 10.9. The van der Waals surface area contributed by atoms with E-state index >= 15 is 0 Å². The molecule has 0 heterocycles. The summed E-state index contributed by atoms with van der Waals surface area (Å²) >= 11 is 5.81. The standard InChI is InChI=1S/C26H23ClN2O6/c27-23-10-9-16(13-21(23)25(31)32)29-24(30)15-34-12-11-28-26(33)35-14-22-19-7-3-1-5-17(19)18-6-2-4-8-20(18)22/h1-10,13,22H,11-12,14-15H2,(H,28,33)(H,29,30)(H,31,32). The highest BCUT2D eigenvalue weighted by atomic mass is 35.5. The van der Waals surface area contributed by atoms with Crippen molar-refractivity contribution in [2.24, 2.45) is 0 Å². The number of rotatable bonds is 9. The molecule has 8 nitrogen and oxygen atoms in total. The molecule has 1 aliphatic rings. The van der Waals surface area contributed by atoms with E-state index in [9.17, 15) is 14.4 Å². The zero-order valence-corrected chi connectivity index (χ0v) is 19.4. The summed E-state index contributed by atoms with van der Waals surface area (Å²) in [7, 11) is 0. The topological polar surface area (TPSA) is 114 Å². The molecule has 0 fully saturated rings. The van der Waals surface area contributed by atoms with Crippen LogP contribution >= 0.6 is 11.6 Å². The van der Waals surface area contributed by atoms with Crippen molar-refractivity contribution in [3.8, 4) is 11.1 Å². The molecule has 0 spiro atoms. The molecule has 0 radical (unpaired) electrons. The molecule has 9 heteroatoms. The van der Waals surface area contributed by atoms with Gasteiger partial charge in [-0.3, -0.25) is 4.79 Å². The Labute approximate surface area is 206 Å². The number of carbonyl (C=O) groups is 3. The third-order valence-corrected chi connectivity index (χ3v) is 5.90. The number of carbonyl (C=O) groups excluding carboxylic acids is 2. The summed E-state index contributed by atoms with van der Waals surface area (Å²) in [5.74, 6) is -1.69. The first-order valence-corrected chi connectivity index (χ1v) is 11.3. The monoisotopic (exact) mass is 494 g/mol. The van der Waals surface area contributed by atoms with Crippen LogP contribution in [0.25, 0.3) is 11.1 Å². The molecular formula is C26H23ClN2O6. The normalized spacial score (nSPS) is 11.9. The average Bonchev–Trinajstić information content (AvgIpc) is 3.17. The molecule has 0 bridgehead atoms. The Kier molecular flexibility index (Phi) is 7.64. The molecule has 0 atom stereocenters. The lowest BCUT2D eigenvalue weighted by atomic mass is 9.98. The van der Waals surface area contributed by atoms with E-state index in [2.05, 4.69) is 22.8 Å². The Morgan fingerprint density at radius 3 is 2.26 bits per heavy atom. The summed E-state index contributed by atoms with van der Waals surface area (Å²) in [5.41, 5.74) is 4.75. The van der Waals surface area contributed by atoms with Crippen LogP contribution in [0.1, 0.15) is 27.4 Å². The third-order valence-electron chi connectivity index (χ3n) is 5.57. The molecule has 35 heavy (non-hydrogen) atoms. The quantitative estimate of drug-likeness (QED) is 0.376. The average molecular weight is 495 g/mol. The Balaban J connectivity index is 1.17. The fourth-order valence-corrected chi connectivity index (χ4v) is 4.20. The van der Waals surface area contributed by atoms with Crippen LogP contribution in [0, 0.1) is 0 Å². The Hall–Kier alpha value is -3.88. The van der Waals surface area contributed by atoms with Crippen LogP contribution in [0.15, 0.2) is 66.7 Å². The molecule has 0 unspecified atom stereocenters. The summed E-state index contributed by atoms with van der Waals surface area (Å²) in [6.07, 6.45) is -0.567. The number of nitrogens with one attached hydrogen (secondary N) is 2. The number of carboxylic acids is 1. The van der Waals surface area contributed by atoms with Gasteiger partial charge < -0.3 is 25.2 Å². The fraction of sp³-hybridized carbons (Fsp3) is 0.192. The van der Waals surface area contributed by atoms with Gasteiger partial charge in [0.2, 0.25) is 5.91 Å². The van der Waals surface area contributed by atoms with E-state index in [0.717, 1.165) is 22.3 Å². The molecule has 3 N–H and O–H groups in total. The number of carboxylic acid groups (broad SMARTS) is 1. The number of aromatic carboxylic acids is 1. The van der Waals surface area contributed by atoms with Crippen LogP contribution in [0.2, 0.25) is 5.02 Å². The molecule has 2 amide bonds. The van der Waals surface area contributed by atoms with E-state index in [4.69, 9.17) is 26.2 Å². The summed E-state index contributed by atoms with van der Waals surface area (Å²) in [5, 5.41) is 14.3. The van der Waals surface area contributed by atoms with Crippen molar-refractivity contribution in [3.05, 3.63) is 88.4 Å². The van der Waals surface area contributed by atoms with Crippen molar-refractivity contribution in [1.82, 2.24) is 5.32 Å². The lowest BCUT2D eigenvalue weighted by Crippen LogP contribution is -2.30. The van der Waals surface area contributed by atoms with Crippen molar-refractivity contribution in [2.75, 3.05) is 31.7 Å². The maximum atomic E-state index is 12.1. The first-order chi connectivity index (χ1) is 16.9. The minimum atomic E-state index is -1.19. The lowest BCUT2D eigenvalue weighted by Gasteiger charge is -2.14. The highest BCUT2D eigenvalue weighted by Gasteiger charge is 2.28. The Morgan fingerprint density at radius 2 is 1.60 bits per heavy atom. The number of amides is 2. The smallest absolute Gasteiger partial charge is 0.407 e. The zero-order valence-electron chi connectivity index (χ0n) is 18.6. The van der Waals surface area contributed by atoms with Crippen molar-refractivity contribution in [2.45, 2.75) is 5.92 Å². The molecule has 0 saturated heterocycles. The van der Waals surface area contributed by atoms with Crippen molar-refractivity contribution >= 4 is 35.3 Å². The fourth-order valence-electron chi connectivity index (χ4n) is 4.00. The highest BCUT2D eigenvalue weighted by Crippen LogP contribution is 2.44. The maximum Gasteiger partial charge on any atom is 0.407 e. The maximum absolute atomic E-state index is 12.1. The van der Waals surface area contributed by atoms with E-state index in [1.54, 1.807) is 0 Å². The summed E-state index contributed by atoms with van der Waals surface area (Å²) in [4.78, 5) is 35.3. The minimum Gasteiger partial charge on any atom is -0.478 e. The van der Waals surface area contributed by atoms with E-state index in [1.807, 2.05) is 36.4 Å². The lowest BCUT2D eigenvalue weighted by molar-refractivity contribution is -0.120. The molecule has 0 aliphatic heterocycles. The van der Waals surface area contributed by atoms with Gasteiger partial charge in [0.05, 0.1) is 17.2 Å². The molecule has 1 aliphatic carbocycles. The highest BCUT2D eigenvalue weighted by molar-refractivity contribution is 6.33. The molecule has 3 aromatic carbocycles. The van der Waals surface area contributed by atoms with Crippen LogP contribution in [-0.4, -0.2) is 49.4 Å². The molecule has 180 valence electrons. The summed E-state index contributed by atoms with van der Waals surface area (Å²) in [6, 6.07) is 20.3. The van der Waals surface area contributed by atoms with Gasteiger partial charge in [-0.1, -0.05) is 60.1 Å². The van der Waals surface area contributed by atoms with Gasteiger partial charge in [0, 0.05) is 18.2 Å². The number of hydrogen-bond donors (Lipinski definition) is 3. The number of hydrogen-bond acceptors (Lipinski definition) is 5. The van der Waals surface area contributed by atoms with Crippen LogP contribution in [0.5, 0.6) is 0 Å². The van der Waals surface area contributed by atoms with E-state index in [0.29, 0.717) is 0 Å². The van der Waals surface area contributed by atoms with E-state index in [-0.39, 0.29) is 48.6 Å². The first kappa shape index (κ1) is 24.3. The third kappa shape index (κ3) is 5.79. The molecule has 0 aromatic heterocycles. The van der Waals surface area contributed by atoms with Gasteiger partial charge in [-0.2, -0.15) is 0 Å². The van der Waals surface area contributed by atoms with Crippen molar-refractivity contribution in [1.29, 1.82) is 0 Å².